The van der Waals surface area contributed by atoms with Crippen molar-refractivity contribution in [1.82, 2.24) is 10.3 Å². The number of nitrogens with zero attached hydrogens (tertiary/aromatic N) is 1. The van der Waals surface area contributed by atoms with Gasteiger partial charge < -0.3 is 5.32 Å². The summed E-state index contributed by atoms with van der Waals surface area (Å²) in [5, 5.41) is 4.01. The highest BCUT2D eigenvalue weighted by Gasteiger charge is 2.18. The number of rotatable bonds is 5. The highest BCUT2D eigenvalue weighted by atomic mass is 32.1. The molecule has 3 nitrogen and oxygen atoms in total. The maximum Gasteiger partial charge on any atom is 0.263 e. The summed E-state index contributed by atoms with van der Waals surface area (Å²) in [5.41, 5.74) is 4.35. The first-order valence-corrected chi connectivity index (χ1v) is 8.63. The van der Waals surface area contributed by atoms with Crippen LogP contribution in [0.3, 0.4) is 0 Å². The molecule has 1 N–H and O–H groups in total. The van der Waals surface area contributed by atoms with E-state index in [9.17, 15) is 4.79 Å². The van der Waals surface area contributed by atoms with Crippen LogP contribution in [0.25, 0.3) is 10.6 Å². The number of hydrogen-bond acceptors (Lipinski definition) is 3. The minimum absolute atomic E-state index is 0.000264. The fraction of sp³-hybridized carbons (Fsp3) is 0.444. The fourth-order valence-electron chi connectivity index (χ4n) is 2.52. The molecule has 4 heteroatoms. The number of hydrogen-bond donors (Lipinski definition) is 1. The van der Waals surface area contributed by atoms with Gasteiger partial charge in [0.1, 0.15) is 9.88 Å². The number of carbonyl (C=O) groups is 1. The van der Waals surface area contributed by atoms with E-state index in [0.29, 0.717) is 0 Å². The predicted molar refractivity (Wildman–Crippen MR) is 93.6 cm³/mol. The maximum atomic E-state index is 12.4. The van der Waals surface area contributed by atoms with E-state index in [2.05, 4.69) is 56.2 Å². The molecule has 0 aliphatic carbocycles. The van der Waals surface area contributed by atoms with E-state index in [1.165, 1.54) is 22.5 Å². The van der Waals surface area contributed by atoms with Gasteiger partial charge >= 0.3 is 0 Å². The van der Waals surface area contributed by atoms with Crippen LogP contribution in [0.15, 0.2) is 18.2 Å². The third-order valence-electron chi connectivity index (χ3n) is 3.94. The van der Waals surface area contributed by atoms with Crippen molar-refractivity contribution in [3.63, 3.8) is 0 Å². The summed E-state index contributed by atoms with van der Waals surface area (Å²) in [6.07, 6.45) is 1.90. The van der Waals surface area contributed by atoms with Crippen LogP contribution in [0, 0.1) is 20.8 Å². The molecule has 0 aliphatic rings. The third kappa shape index (κ3) is 3.55. The summed E-state index contributed by atoms with van der Waals surface area (Å²) in [6.45, 7) is 10.3. The first kappa shape index (κ1) is 16.7. The van der Waals surface area contributed by atoms with Crippen molar-refractivity contribution in [3.8, 4) is 10.6 Å². The maximum absolute atomic E-state index is 12.4. The third-order valence-corrected chi connectivity index (χ3v) is 5.13. The van der Waals surface area contributed by atoms with E-state index in [1.807, 2.05) is 6.92 Å². The SMILES string of the molecule is CCC(CC)NC(=O)c1sc(-c2ccc(C)cc2C)nc1C. The molecular weight excluding hydrogens is 292 g/mol. The highest BCUT2D eigenvalue weighted by Crippen LogP contribution is 2.30. The molecule has 1 aromatic heterocycles. The standard InChI is InChI=1S/C18H24N2OS/c1-6-14(7-2)20-17(21)16-13(5)19-18(22-16)15-9-8-11(3)10-12(15)4/h8-10,14H,6-7H2,1-5H3,(H,20,21). The summed E-state index contributed by atoms with van der Waals surface area (Å²) >= 11 is 1.48. The number of amides is 1. The largest absolute Gasteiger partial charge is 0.349 e. The molecule has 0 saturated carbocycles. The van der Waals surface area contributed by atoms with Crippen LogP contribution in [0.5, 0.6) is 0 Å². The Labute approximate surface area is 136 Å². The van der Waals surface area contributed by atoms with Gasteiger partial charge in [0, 0.05) is 11.6 Å². The normalized spacial score (nSPS) is 11.0. The molecule has 0 unspecified atom stereocenters. The zero-order valence-electron chi connectivity index (χ0n) is 14.0. The molecule has 2 rings (SSSR count). The van der Waals surface area contributed by atoms with Crippen LogP contribution in [-0.4, -0.2) is 16.9 Å². The summed E-state index contributed by atoms with van der Waals surface area (Å²) in [4.78, 5) is 17.8. The smallest absolute Gasteiger partial charge is 0.263 e. The Morgan fingerprint density at radius 2 is 1.91 bits per heavy atom. The van der Waals surface area contributed by atoms with Crippen molar-refractivity contribution in [2.24, 2.45) is 0 Å². The Morgan fingerprint density at radius 1 is 1.23 bits per heavy atom. The quantitative estimate of drug-likeness (QED) is 0.872. The average molecular weight is 316 g/mol. The van der Waals surface area contributed by atoms with Crippen LogP contribution < -0.4 is 5.32 Å². The lowest BCUT2D eigenvalue weighted by Crippen LogP contribution is -2.33. The van der Waals surface area contributed by atoms with Gasteiger partial charge in [-0.1, -0.05) is 37.6 Å². The molecule has 0 saturated heterocycles. The van der Waals surface area contributed by atoms with Crippen molar-refractivity contribution >= 4 is 17.2 Å². The van der Waals surface area contributed by atoms with Gasteiger partial charge in [0.25, 0.3) is 5.91 Å². The minimum Gasteiger partial charge on any atom is -0.349 e. The summed E-state index contributed by atoms with van der Waals surface area (Å²) in [6, 6.07) is 6.56. The van der Waals surface area contributed by atoms with Crippen LogP contribution >= 0.6 is 11.3 Å². The molecule has 0 bridgehead atoms. The van der Waals surface area contributed by atoms with Crippen LogP contribution in [-0.2, 0) is 0 Å². The van der Waals surface area contributed by atoms with Crippen LogP contribution in [0.2, 0.25) is 0 Å². The first-order valence-electron chi connectivity index (χ1n) is 7.82. The Hall–Kier alpha value is -1.68. The molecular formula is C18H24N2OS. The van der Waals surface area contributed by atoms with Gasteiger partial charge in [0.15, 0.2) is 0 Å². The summed E-state index contributed by atoms with van der Waals surface area (Å²) in [5.74, 6) is -0.000264. The van der Waals surface area contributed by atoms with Crippen molar-refractivity contribution in [2.45, 2.75) is 53.5 Å². The molecule has 1 amide bonds. The monoisotopic (exact) mass is 316 g/mol. The summed E-state index contributed by atoms with van der Waals surface area (Å²) < 4.78 is 0. The van der Waals surface area contributed by atoms with E-state index >= 15 is 0 Å². The molecule has 22 heavy (non-hydrogen) atoms. The van der Waals surface area contributed by atoms with Gasteiger partial charge in [-0.2, -0.15) is 0 Å². The average Bonchev–Trinajstić information content (AvgIpc) is 2.86. The molecule has 118 valence electrons. The number of aromatic nitrogens is 1. The number of carbonyl (C=O) groups excluding carboxylic acids is 1. The van der Waals surface area contributed by atoms with Gasteiger partial charge in [-0.05, 0) is 39.2 Å². The zero-order chi connectivity index (χ0) is 16.3. The lowest BCUT2D eigenvalue weighted by molar-refractivity contribution is 0.0938. The van der Waals surface area contributed by atoms with Gasteiger partial charge in [0.2, 0.25) is 0 Å². The molecule has 2 aromatic rings. The van der Waals surface area contributed by atoms with Gasteiger partial charge in [0.05, 0.1) is 5.69 Å². The molecule has 0 fully saturated rings. The topological polar surface area (TPSA) is 42.0 Å². The lowest BCUT2D eigenvalue weighted by atomic mass is 10.1. The van der Waals surface area contributed by atoms with Crippen molar-refractivity contribution in [1.29, 1.82) is 0 Å². The molecule has 1 aromatic carbocycles. The van der Waals surface area contributed by atoms with E-state index in [4.69, 9.17) is 0 Å². The first-order chi connectivity index (χ1) is 10.5. The van der Waals surface area contributed by atoms with E-state index < -0.39 is 0 Å². The van der Waals surface area contributed by atoms with Gasteiger partial charge in [-0.15, -0.1) is 11.3 Å². The second-order valence-corrected chi connectivity index (χ2v) is 6.74. The minimum atomic E-state index is -0.000264. The molecule has 0 atom stereocenters. The molecule has 0 spiro atoms. The Balaban J connectivity index is 2.29. The summed E-state index contributed by atoms with van der Waals surface area (Å²) in [7, 11) is 0. The van der Waals surface area contributed by atoms with Gasteiger partial charge in [-0.25, -0.2) is 4.98 Å². The number of benzene rings is 1. The van der Waals surface area contributed by atoms with Gasteiger partial charge in [-0.3, -0.25) is 4.79 Å². The van der Waals surface area contributed by atoms with Crippen molar-refractivity contribution in [3.05, 3.63) is 39.9 Å². The number of aryl methyl sites for hydroxylation is 3. The van der Waals surface area contributed by atoms with E-state index in [-0.39, 0.29) is 11.9 Å². The molecule has 0 aliphatic heterocycles. The predicted octanol–water partition coefficient (Wildman–Crippen LogP) is 4.65. The molecule has 1 heterocycles. The highest BCUT2D eigenvalue weighted by molar-refractivity contribution is 7.17. The van der Waals surface area contributed by atoms with Crippen molar-refractivity contribution in [2.75, 3.05) is 0 Å². The Kier molecular flexibility index (Phi) is 5.35. The second kappa shape index (κ2) is 7.05. The number of thiazole rings is 1. The second-order valence-electron chi connectivity index (χ2n) is 5.74. The fourth-order valence-corrected chi connectivity index (χ4v) is 3.58. The van der Waals surface area contributed by atoms with E-state index in [0.717, 1.165) is 34.0 Å². The Morgan fingerprint density at radius 3 is 2.50 bits per heavy atom. The van der Waals surface area contributed by atoms with E-state index in [1.54, 1.807) is 0 Å². The molecule has 0 radical (unpaired) electrons. The van der Waals surface area contributed by atoms with Crippen LogP contribution in [0.4, 0.5) is 0 Å². The number of nitrogens with one attached hydrogen (secondary N) is 1. The van der Waals surface area contributed by atoms with Crippen molar-refractivity contribution < 1.29 is 4.79 Å². The zero-order valence-corrected chi connectivity index (χ0v) is 14.8. The lowest BCUT2D eigenvalue weighted by Gasteiger charge is -2.13. The Bertz CT molecular complexity index is 672. The van der Waals surface area contributed by atoms with Crippen LogP contribution in [0.1, 0.15) is 53.2 Å².